The van der Waals surface area contributed by atoms with Crippen LogP contribution in [0.4, 0.5) is 11.6 Å². The molecule has 0 radical (unpaired) electrons. The second kappa shape index (κ2) is 7.64. The smallest absolute Gasteiger partial charge is 0.312 e. The number of aromatic nitrogens is 4. The number of ketones is 1. The van der Waals surface area contributed by atoms with Gasteiger partial charge >= 0.3 is 5.69 Å². The molecule has 162 valence electrons. The molecule has 3 heterocycles. The fourth-order valence-corrected chi connectivity index (χ4v) is 4.33. The van der Waals surface area contributed by atoms with E-state index >= 15 is 0 Å². The molecule has 0 unspecified atom stereocenters. The van der Waals surface area contributed by atoms with Gasteiger partial charge in [0.05, 0.1) is 6.54 Å². The van der Waals surface area contributed by atoms with Gasteiger partial charge in [-0.3, -0.25) is 18.7 Å². The molecule has 0 amide bonds. The van der Waals surface area contributed by atoms with Crippen molar-refractivity contribution in [2.45, 2.75) is 20.0 Å². The molecule has 1 aliphatic rings. The van der Waals surface area contributed by atoms with Gasteiger partial charge in [-0.05, 0) is 18.1 Å². The first-order valence-electron chi connectivity index (χ1n) is 10.6. The highest BCUT2D eigenvalue weighted by atomic mass is 16.2. The summed E-state index contributed by atoms with van der Waals surface area (Å²) >= 11 is 0. The van der Waals surface area contributed by atoms with E-state index in [2.05, 4.69) is 11.8 Å². The number of imidazole rings is 1. The van der Waals surface area contributed by atoms with Crippen LogP contribution >= 0.6 is 0 Å². The monoisotopic (exact) mass is 429 g/mol. The number of fused-ring (bicyclic) bond motifs is 3. The molecular formula is C24H23N5O3. The van der Waals surface area contributed by atoms with Gasteiger partial charge in [-0.25, -0.2) is 4.79 Å². The number of rotatable bonds is 4. The van der Waals surface area contributed by atoms with Crippen molar-refractivity contribution in [2.24, 2.45) is 13.0 Å². The van der Waals surface area contributed by atoms with Gasteiger partial charge < -0.3 is 9.47 Å². The Labute approximate surface area is 184 Å². The van der Waals surface area contributed by atoms with Crippen molar-refractivity contribution >= 4 is 28.6 Å². The number of hydrogen-bond donors (Lipinski definition) is 0. The van der Waals surface area contributed by atoms with E-state index in [-0.39, 0.29) is 18.2 Å². The lowest BCUT2D eigenvalue weighted by Gasteiger charge is -2.32. The first-order chi connectivity index (χ1) is 15.5. The summed E-state index contributed by atoms with van der Waals surface area (Å²) in [6.45, 7) is 3.16. The molecule has 0 aliphatic carbocycles. The van der Waals surface area contributed by atoms with Crippen LogP contribution in [0, 0.1) is 5.92 Å². The Bertz CT molecular complexity index is 1430. The minimum absolute atomic E-state index is 0.260. The molecule has 1 atom stereocenters. The van der Waals surface area contributed by atoms with E-state index in [1.54, 1.807) is 31.3 Å². The van der Waals surface area contributed by atoms with Gasteiger partial charge in [-0.2, -0.15) is 4.98 Å². The van der Waals surface area contributed by atoms with E-state index in [1.165, 1.54) is 4.57 Å². The van der Waals surface area contributed by atoms with Crippen LogP contribution in [0.5, 0.6) is 0 Å². The lowest BCUT2D eigenvalue weighted by atomic mass is 10.1. The zero-order chi connectivity index (χ0) is 22.4. The average molecular weight is 429 g/mol. The summed E-state index contributed by atoms with van der Waals surface area (Å²) < 4.78 is 4.24. The fourth-order valence-electron chi connectivity index (χ4n) is 4.33. The molecular weight excluding hydrogens is 406 g/mol. The predicted molar refractivity (Wildman–Crippen MR) is 123 cm³/mol. The number of anilines is 2. The third kappa shape index (κ3) is 3.15. The second-order valence-corrected chi connectivity index (χ2v) is 8.27. The van der Waals surface area contributed by atoms with E-state index in [4.69, 9.17) is 4.98 Å². The summed E-state index contributed by atoms with van der Waals surface area (Å²) in [5.41, 5.74) is 1.06. The van der Waals surface area contributed by atoms with Crippen LogP contribution in [0.1, 0.15) is 17.3 Å². The molecule has 0 spiro atoms. The van der Waals surface area contributed by atoms with E-state index in [1.807, 2.05) is 41.0 Å². The van der Waals surface area contributed by atoms with Gasteiger partial charge in [0.25, 0.3) is 5.56 Å². The molecule has 2 aromatic heterocycles. The van der Waals surface area contributed by atoms with E-state index in [0.29, 0.717) is 29.2 Å². The SMILES string of the molecule is C[C@@H]1CN(c2ccccc2)c2nc3c(c(=O)n(CC(=O)c4ccccc4)c(=O)n3C)n2C1. The number of aryl methyl sites for hydroxylation is 1. The van der Waals surface area contributed by atoms with Crippen LogP contribution in [0.15, 0.2) is 70.3 Å². The number of nitrogens with zero attached hydrogens (tertiary/aromatic N) is 5. The number of Topliss-reactive ketones (excluding diaryl/α,β-unsaturated/α-hetero) is 1. The first kappa shape index (κ1) is 20.0. The molecule has 0 saturated heterocycles. The molecule has 0 N–H and O–H groups in total. The highest BCUT2D eigenvalue weighted by Gasteiger charge is 2.30. The van der Waals surface area contributed by atoms with Crippen LogP contribution in [0.25, 0.3) is 11.2 Å². The molecule has 8 heteroatoms. The normalized spacial score (nSPS) is 15.7. The quantitative estimate of drug-likeness (QED) is 0.466. The van der Waals surface area contributed by atoms with Gasteiger partial charge in [0, 0.05) is 31.4 Å². The topological polar surface area (TPSA) is 82.1 Å². The van der Waals surface area contributed by atoms with Crippen molar-refractivity contribution in [1.29, 1.82) is 0 Å². The highest BCUT2D eigenvalue weighted by Crippen LogP contribution is 2.32. The fraction of sp³-hybridized carbons (Fsp3) is 0.250. The van der Waals surface area contributed by atoms with Crippen molar-refractivity contribution in [2.75, 3.05) is 11.4 Å². The van der Waals surface area contributed by atoms with Gasteiger partial charge in [0.1, 0.15) is 0 Å². The molecule has 32 heavy (non-hydrogen) atoms. The van der Waals surface area contributed by atoms with Crippen molar-refractivity contribution in [3.63, 3.8) is 0 Å². The first-order valence-corrected chi connectivity index (χ1v) is 10.6. The summed E-state index contributed by atoms with van der Waals surface area (Å²) in [4.78, 5) is 46.0. The Balaban J connectivity index is 1.69. The zero-order valence-corrected chi connectivity index (χ0v) is 17.9. The van der Waals surface area contributed by atoms with Gasteiger partial charge in [-0.15, -0.1) is 0 Å². The third-order valence-corrected chi connectivity index (χ3v) is 5.91. The van der Waals surface area contributed by atoms with E-state index in [9.17, 15) is 14.4 Å². The minimum atomic E-state index is -0.554. The largest absolute Gasteiger partial charge is 0.332 e. The summed E-state index contributed by atoms with van der Waals surface area (Å²) in [7, 11) is 1.59. The van der Waals surface area contributed by atoms with E-state index in [0.717, 1.165) is 16.8 Å². The Hall–Kier alpha value is -3.94. The number of para-hydroxylation sites is 1. The lowest BCUT2D eigenvalue weighted by Crippen LogP contribution is -2.42. The van der Waals surface area contributed by atoms with Crippen molar-refractivity contribution < 1.29 is 4.79 Å². The molecule has 2 aromatic carbocycles. The maximum Gasteiger partial charge on any atom is 0.332 e. The second-order valence-electron chi connectivity index (χ2n) is 8.27. The van der Waals surface area contributed by atoms with Crippen LogP contribution in [0.2, 0.25) is 0 Å². The van der Waals surface area contributed by atoms with Gasteiger partial charge in [0.2, 0.25) is 5.95 Å². The number of benzene rings is 2. The van der Waals surface area contributed by atoms with Crippen molar-refractivity contribution in [3.8, 4) is 0 Å². The van der Waals surface area contributed by atoms with Gasteiger partial charge in [-0.1, -0.05) is 55.5 Å². The molecule has 0 fully saturated rings. The Morgan fingerprint density at radius 1 is 1.00 bits per heavy atom. The Morgan fingerprint density at radius 2 is 1.66 bits per heavy atom. The Kier molecular flexibility index (Phi) is 4.77. The molecule has 0 saturated carbocycles. The number of carbonyl (C=O) groups is 1. The zero-order valence-electron chi connectivity index (χ0n) is 17.9. The molecule has 1 aliphatic heterocycles. The maximum absolute atomic E-state index is 13.5. The van der Waals surface area contributed by atoms with Crippen molar-refractivity contribution in [1.82, 2.24) is 18.7 Å². The molecule has 0 bridgehead atoms. The third-order valence-electron chi connectivity index (χ3n) is 5.91. The standard InChI is InChI=1S/C24H23N5O3/c1-16-13-27(18-11-7-4-8-12-18)23-25-21-20(28(23)14-16)22(31)29(24(32)26(21)2)15-19(30)17-9-5-3-6-10-17/h3-12,16H,13-15H2,1-2H3/t16-/m1/s1. The Morgan fingerprint density at radius 3 is 2.34 bits per heavy atom. The molecule has 8 nitrogen and oxygen atoms in total. The minimum Gasteiger partial charge on any atom is -0.312 e. The highest BCUT2D eigenvalue weighted by molar-refractivity contribution is 5.96. The van der Waals surface area contributed by atoms with Crippen LogP contribution in [-0.2, 0) is 20.1 Å². The van der Waals surface area contributed by atoms with E-state index < -0.39 is 11.2 Å². The maximum atomic E-state index is 13.5. The summed E-state index contributed by atoms with van der Waals surface area (Å²) in [5.74, 6) is 0.599. The van der Waals surface area contributed by atoms with Crippen LogP contribution in [-0.4, -0.2) is 31.0 Å². The van der Waals surface area contributed by atoms with Crippen LogP contribution in [0.3, 0.4) is 0 Å². The van der Waals surface area contributed by atoms with Crippen molar-refractivity contribution in [3.05, 3.63) is 87.1 Å². The summed E-state index contributed by atoms with van der Waals surface area (Å²) in [6, 6.07) is 18.5. The average Bonchev–Trinajstić information content (AvgIpc) is 3.20. The van der Waals surface area contributed by atoms with Crippen LogP contribution < -0.4 is 16.1 Å². The lowest BCUT2D eigenvalue weighted by molar-refractivity contribution is 0.0969. The predicted octanol–water partition coefficient (Wildman–Crippen LogP) is 2.57. The van der Waals surface area contributed by atoms with Gasteiger partial charge in [0.15, 0.2) is 16.9 Å². The molecule has 4 aromatic rings. The summed E-state index contributed by atoms with van der Waals surface area (Å²) in [5, 5.41) is 0. The molecule has 5 rings (SSSR count). The number of hydrogen-bond acceptors (Lipinski definition) is 5. The number of carbonyl (C=O) groups excluding carboxylic acids is 1. The summed E-state index contributed by atoms with van der Waals surface area (Å²) in [6.07, 6.45) is 0.